The molecule has 3 heterocycles. The molecule has 1 aromatic carbocycles. The first-order chi connectivity index (χ1) is 13.1. The number of piperidine rings is 1. The fourth-order valence-electron chi connectivity index (χ4n) is 4.28. The molecule has 2 fully saturated rings. The molecule has 6 heteroatoms. The van der Waals surface area contributed by atoms with Crippen LogP contribution in [0.1, 0.15) is 56.9 Å². The van der Waals surface area contributed by atoms with E-state index in [0.29, 0.717) is 12.5 Å². The van der Waals surface area contributed by atoms with Crippen LogP contribution < -0.4 is 0 Å². The number of rotatable bonds is 3. The van der Waals surface area contributed by atoms with Crippen molar-refractivity contribution in [3.8, 4) is 11.3 Å². The van der Waals surface area contributed by atoms with Gasteiger partial charge in [-0.15, -0.1) is 0 Å². The first-order valence-corrected chi connectivity index (χ1v) is 9.88. The van der Waals surface area contributed by atoms with Crippen LogP contribution in [0.15, 0.2) is 36.5 Å². The van der Waals surface area contributed by atoms with Crippen LogP contribution in [0, 0.1) is 5.92 Å². The average molecular weight is 369 g/mol. The number of carbonyl (C=O) groups is 1. The minimum Gasteiger partial charge on any atom is -0.465 e. The molecule has 0 aliphatic carbocycles. The highest BCUT2D eigenvalue weighted by atomic mass is 16.5. The second-order valence-corrected chi connectivity index (χ2v) is 7.74. The molecule has 0 spiro atoms. The number of amides is 1. The quantitative estimate of drug-likeness (QED) is 0.851. The zero-order chi connectivity index (χ0) is 18.8. The van der Waals surface area contributed by atoms with E-state index >= 15 is 0 Å². The summed E-state index contributed by atoms with van der Waals surface area (Å²) >= 11 is 0. The number of hydrogen-bond donors (Lipinski definition) is 1. The Labute approximate surface area is 159 Å². The van der Waals surface area contributed by atoms with Crippen molar-refractivity contribution in [2.45, 2.75) is 51.3 Å². The molecular formula is C21H27N3O3. The lowest BCUT2D eigenvalue weighted by molar-refractivity contribution is -0.0383. The highest BCUT2D eigenvalue weighted by Gasteiger charge is 2.30. The molecule has 3 atom stereocenters. The number of hydrogen-bond acceptors (Lipinski definition) is 3. The van der Waals surface area contributed by atoms with Gasteiger partial charge in [-0.1, -0.05) is 31.2 Å². The Morgan fingerprint density at radius 1 is 1.15 bits per heavy atom. The van der Waals surface area contributed by atoms with Gasteiger partial charge in [0, 0.05) is 19.3 Å². The van der Waals surface area contributed by atoms with Crippen molar-refractivity contribution in [3.63, 3.8) is 0 Å². The Morgan fingerprint density at radius 2 is 1.96 bits per heavy atom. The normalized spacial score (nSPS) is 26.1. The second kappa shape index (κ2) is 7.72. The second-order valence-electron chi connectivity index (χ2n) is 7.74. The Bertz CT molecular complexity index is 780. The minimum absolute atomic E-state index is 0.00533. The van der Waals surface area contributed by atoms with Crippen LogP contribution in [0.5, 0.6) is 0 Å². The third-order valence-corrected chi connectivity index (χ3v) is 5.75. The Kier molecular flexibility index (Phi) is 5.16. The summed E-state index contributed by atoms with van der Waals surface area (Å²) in [5.41, 5.74) is 3.19. The highest BCUT2D eigenvalue weighted by Crippen LogP contribution is 2.35. The largest absolute Gasteiger partial charge is 0.465 e. The van der Waals surface area contributed by atoms with Crippen LogP contribution in [0.3, 0.4) is 0 Å². The third kappa shape index (κ3) is 3.72. The van der Waals surface area contributed by atoms with Gasteiger partial charge < -0.3 is 14.7 Å². The van der Waals surface area contributed by atoms with Gasteiger partial charge in [0.05, 0.1) is 11.7 Å². The summed E-state index contributed by atoms with van der Waals surface area (Å²) in [4.78, 5) is 13.2. The highest BCUT2D eigenvalue weighted by molar-refractivity contribution is 5.66. The molecule has 3 unspecified atom stereocenters. The molecule has 6 nitrogen and oxygen atoms in total. The summed E-state index contributed by atoms with van der Waals surface area (Å²) in [5.74, 6) is 0.418. The van der Waals surface area contributed by atoms with Gasteiger partial charge in [-0.05, 0) is 55.2 Å². The Hall–Kier alpha value is -2.34. The van der Waals surface area contributed by atoms with Crippen LogP contribution in [0.2, 0.25) is 0 Å². The molecule has 1 amide bonds. The first-order valence-electron chi connectivity index (χ1n) is 9.88. The number of carboxylic acid groups (broad SMARTS) is 1. The minimum atomic E-state index is -0.830. The van der Waals surface area contributed by atoms with Gasteiger partial charge in [0.1, 0.15) is 0 Å². The molecule has 1 aromatic heterocycles. The van der Waals surface area contributed by atoms with E-state index in [-0.39, 0.29) is 12.3 Å². The zero-order valence-corrected chi connectivity index (χ0v) is 15.8. The number of nitrogens with zero attached hydrogens (tertiary/aromatic N) is 3. The van der Waals surface area contributed by atoms with E-state index < -0.39 is 6.09 Å². The van der Waals surface area contributed by atoms with Crippen molar-refractivity contribution in [3.05, 3.63) is 42.1 Å². The topological polar surface area (TPSA) is 67.6 Å². The van der Waals surface area contributed by atoms with E-state index in [1.165, 1.54) is 0 Å². The maximum atomic E-state index is 11.7. The number of likely N-dealkylation sites (tertiary alicyclic amines) is 1. The van der Waals surface area contributed by atoms with Crippen molar-refractivity contribution >= 4 is 6.09 Å². The summed E-state index contributed by atoms with van der Waals surface area (Å²) < 4.78 is 7.85. The van der Waals surface area contributed by atoms with E-state index in [9.17, 15) is 9.90 Å². The average Bonchev–Trinajstić information content (AvgIpc) is 3.18. The fourth-order valence-corrected chi connectivity index (χ4v) is 4.28. The van der Waals surface area contributed by atoms with Crippen molar-refractivity contribution in [1.82, 2.24) is 14.7 Å². The van der Waals surface area contributed by atoms with Crippen LogP contribution in [-0.4, -0.2) is 39.0 Å². The standard InChI is InChI=1S/C21H27N3O3/c1-15-5-10-18(23(14-15)21(25)26)16-6-8-17(9-7-16)19-11-12-22-24(19)20-4-2-3-13-27-20/h6-9,11-12,15,18,20H,2-5,10,13-14H2,1H3,(H,25,26). The predicted octanol–water partition coefficient (Wildman–Crippen LogP) is 4.70. The molecule has 144 valence electrons. The Morgan fingerprint density at radius 3 is 2.67 bits per heavy atom. The molecule has 0 saturated carbocycles. The first kappa shape index (κ1) is 18.0. The van der Waals surface area contributed by atoms with Crippen molar-refractivity contribution in [2.24, 2.45) is 5.92 Å². The fraction of sp³-hybridized carbons (Fsp3) is 0.524. The zero-order valence-electron chi connectivity index (χ0n) is 15.8. The van der Waals surface area contributed by atoms with E-state index in [2.05, 4.69) is 36.3 Å². The molecule has 2 aliphatic heterocycles. The summed E-state index contributed by atoms with van der Waals surface area (Å²) in [6.07, 6.45) is 6.18. The van der Waals surface area contributed by atoms with Crippen molar-refractivity contribution < 1.29 is 14.6 Å². The number of aromatic nitrogens is 2. The molecule has 2 aromatic rings. The lowest BCUT2D eigenvalue weighted by Gasteiger charge is -2.37. The monoisotopic (exact) mass is 369 g/mol. The molecule has 2 saturated heterocycles. The lowest BCUT2D eigenvalue weighted by Crippen LogP contribution is -2.40. The van der Waals surface area contributed by atoms with Gasteiger partial charge >= 0.3 is 6.09 Å². The van der Waals surface area contributed by atoms with Crippen molar-refractivity contribution in [2.75, 3.05) is 13.2 Å². The van der Waals surface area contributed by atoms with Crippen LogP contribution in [-0.2, 0) is 4.74 Å². The summed E-state index contributed by atoms with van der Waals surface area (Å²) in [6, 6.07) is 10.2. The van der Waals surface area contributed by atoms with Gasteiger partial charge in [-0.3, -0.25) is 0 Å². The smallest absolute Gasteiger partial charge is 0.407 e. The van der Waals surface area contributed by atoms with Gasteiger partial charge in [-0.25, -0.2) is 9.48 Å². The predicted molar refractivity (Wildman–Crippen MR) is 102 cm³/mol. The summed E-state index contributed by atoms with van der Waals surface area (Å²) in [6.45, 7) is 3.51. The SMILES string of the molecule is CC1CCC(c2ccc(-c3ccnn3C3CCCCO3)cc2)N(C(=O)O)C1. The van der Waals surface area contributed by atoms with E-state index in [1.807, 2.05) is 16.9 Å². The van der Waals surface area contributed by atoms with Gasteiger partial charge in [0.15, 0.2) is 6.23 Å². The molecule has 1 N–H and O–H groups in total. The lowest BCUT2D eigenvalue weighted by atomic mass is 9.90. The van der Waals surface area contributed by atoms with Crippen LogP contribution >= 0.6 is 0 Å². The van der Waals surface area contributed by atoms with Gasteiger partial charge in [0.2, 0.25) is 0 Å². The molecule has 2 aliphatic rings. The van der Waals surface area contributed by atoms with Gasteiger partial charge in [-0.2, -0.15) is 5.10 Å². The van der Waals surface area contributed by atoms with Crippen LogP contribution in [0.25, 0.3) is 11.3 Å². The molecule has 0 radical (unpaired) electrons. The molecular weight excluding hydrogens is 342 g/mol. The molecule has 27 heavy (non-hydrogen) atoms. The van der Waals surface area contributed by atoms with E-state index in [1.54, 1.807) is 4.90 Å². The summed E-state index contributed by atoms with van der Waals surface area (Å²) in [7, 11) is 0. The molecule has 0 bridgehead atoms. The van der Waals surface area contributed by atoms with E-state index in [0.717, 1.165) is 55.5 Å². The molecule has 4 rings (SSSR count). The van der Waals surface area contributed by atoms with Crippen LogP contribution in [0.4, 0.5) is 4.79 Å². The van der Waals surface area contributed by atoms with Crippen molar-refractivity contribution in [1.29, 1.82) is 0 Å². The number of ether oxygens (including phenoxy) is 1. The summed E-state index contributed by atoms with van der Waals surface area (Å²) in [5, 5.41) is 14.1. The number of benzene rings is 1. The Balaban J connectivity index is 1.56. The maximum absolute atomic E-state index is 11.7. The maximum Gasteiger partial charge on any atom is 0.407 e. The third-order valence-electron chi connectivity index (χ3n) is 5.75. The van der Waals surface area contributed by atoms with Gasteiger partial charge in [0.25, 0.3) is 0 Å². The van der Waals surface area contributed by atoms with E-state index in [4.69, 9.17) is 4.74 Å².